The highest BCUT2D eigenvalue weighted by Gasteiger charge is 2.44. The van der Waals surface area contributed by atoms with Crippen molar-refractivity contribution in [3.63, 3.8) is 0 Å². The van der Waals surface area contributed by atoms with E-state index < -0.39 is 16.6 Å². The maximum atomic E-state index is 11.4. The molecule has 1 heterocycles. The van der Waals surface area contributed by atoms with Crippen LogP contribution in [0.2, 0.25) is 0 Å². The topological polar surface area (TPSA) is 86.7 Å². The minimum absolute atomic E-state index is 0.195. The van der Waals surface area contributed by atoms with Gasteiger partial charge in [-0.25, -0.2) is 13.1 Å². The van der Waals surface area contributed by atoms with E-state index >= 15 is 0 Å². The summed E-state index contributed by atoms with van der Waals surface area (Å²) in [6.45, 7) is 0.411. The summed E-state index contributed by atoms with van der Waals surface area (Å²) in [5.74, 6) is 0.388. The second kappa shape index (κ2) is 4.55. The zero-order valence-corrected chi connectivity index (χ0v) is 10.6. The Morgan fingerprint density at radius 1 is 1.41 bits per heavy atom. The molecule has 2 fully saturated rings. The Bertz CT molecular complexity index is 405. The summed E-state index contributed by atoms with van der Waals surface area (Å²) in [7, 11) is -3.25. The standard InChI is InChI=1S/C10H18N2O4S/c1-17(15,16)11-9-5-12(10(14)6-13)4-8(9)7-2-3-7/h7-9,11,13H,2-6H2,1H3/t8-,9+/m0/s1. The van der Waals surface area contributed by atoms with Gasteiger partial charge in [-0.15, -0.1) is 0 Å². The first-order valence-corrected chi connectivity index (χ1v) is 7.66. The van der Waals surface area contributed by atoms with Gasteiger partial charge < -0.3 is 10.0 Å². The molecule has 0 aromatic heterocycles. The Hall–Kier alpha value is -0.660. The van der Waals surface area contributed by atoms with Crippen LogP contribution < -0.4 is 4.72 Å². The number of rotatable bonds is 4. The van der Waals surface area contributed by atoms with Crippen LogP contribution >= 0.6 is 0 Å². The fourth-order valence-electron chi connectivity index (χ4n) is 2.53. The number of carbonyl (C=O) groups is 1. The molecule has 0 radical (unpaired) electrons. The van der Waals surface area contributed by atoms with E-state index in [2.05, 4.69) is 4.72 Å². The molecule has 2 rings (SSSR count). The van der Waals surface area contributed by atoms with E-state index in [0.29, 0.717) is 19.0 Å². The first kappa shape index (κ1) is 12.8. The number of carbonyl (C=O) groups excluding carboxylic acids is 1. The number of likely N-dealkylation sites (tertiary alicyclic amines) is 1. The van der Waals surface area contributed by atoms with Crippen molar-refractivity contribution < 1.29 is 18.3 Å². The fourth-order valence-corrected chi connectivity index (χ4v) is 3.33. The molecule has 98 valence electrons. The second-order valence-corrected chi connectivity index (χ2v) is 6.73. The normalized spacial score (nSPS) is 29.6. The van der Waals surface area contributed by atoms with Crippen molar-refractivity contribution >= 4 is 15.9 Å². The molecule has 2 atom stereocenters. The Morgan fingerprint density at radius 2 is 2.06 bits per heavy atom. The number of aliphatic hydroxyl groups excluding tert-OH is 1. The summed E-state index contributed by atoms with van der Waals surface area (Å²) in [6.07, 6.45) is 3.34. The van der Waals surface area contributed by atoms with E-state index in [1.807, 2.05) is 0 Å². The van der Waals surface area contributed by atoms with Crippen molar-refractivity contribution in [1.29, 1.82) is 0 Å². The summed E-state index contributed by atoms with van der Waals surface area (Å²) in [4.78, 5) is 13.0. The van der Waals surface area contributed by atoms with Crippen molar-refractivity contribution in [3.8, 4) is 0 Å². The number of aliphatic hydroxyl groups is 1. The van der Waals surface area contributed by atoms with Crippen molar-refractivity contribution in [2.24, 2.45) is 11.8 Å². The highest BCUT2D eigenvalue weighted by atomic mass is 32.2. The quantitative estimate of drug-likeness (QED) is 0.664. The first-order valence-electron chi connectivity index (χ1n) is 5.76. The predicted molar refractivity (Wildman–Crippen MR) is 61.6 cm³/mol. The number of nitrogens with zero attached hydrogens (tertiary/aromatic N) is 1. The van der Waals surface area contributed by atoms with Crippen LogP contribution in [0.25, 0.3) is 0 Å². The zero-order valence-electron chi connectivity index (χ0n) is 9.80. The third-order valence-electron chi connectivity index (χ3n) is 3.45. The van der Waals surface area contributed by atoms with Gasteiger partial charge in [-0.05, 0) is 24.7 Å². The van der Waals surface area contributed by atoms with Crippen LogP contribution in [0.4, 0.5) is 0 Å². The molecule has 0 aromatic rings. The Labute approximate surface area is 101 Å². The molecule has 2 aliphatic rings. The van der Waals surface area contributed by atoms with Gasteiger partial charge in [0.2, 0.25) is 15.9 Å². The van der Waals surface area contributed by atoms with Crippen LogP contribution in [0, 0.1) is 11.8 Å². The molecule has 17 heavy (non-hydrogen) atoms. The third-order valence-corrected chi connectivity index (χ3v) is 4.18. The fraction of sp³-hybridized carbons (Fsp3) is 0.900. The maximum absolute atomic E-state index is 11.4. The smallest absolute Gasteiger partial charge is 0.248 e. The first-order chi connectivity index (χ1) is 7.90. The van der Waals surface area contributed by atoms with Crippen molar-refractivity contribution in [2.45, 2.75) is 18.9 Å². The molecule has 6 nitrogen and oxygen atoms in total. The van der Waals surface area contributed by atoms with Crippen LogP contribution in [0.5, 0.6) is 0 Å². The van der Waals surface area contributed by atoms with E-state index in [4.69, 9.17) is 5.11 Å². The Balaban J connectivity index is 2.05. The average molecular weight is 262 g/mol. The molecular weight excluding hydrogens is 244 g/mol. The van der Waals surface area contributed by atoms with Gasteiger partial charge in [0.05, 0.1) is 6.26 Å². The molecule has 1 amide bonds. The minimum Gasteiger partial charge on any atom is -0.387 e. The lowest BCUT2D eigenvalue weighted by Gasteiger charge is -2.17. The SMILES string of the molecule is CS(=O)(=O)N[C@@H]1CN(C(=O)CO)C[C@H]1C1CC1. The number of hydrogen-bond donors (Lipinski definition) is 2. The second-order valence-electron chi connectivity index (χ2n) is 4.95. The molecule has 0 bridgehead atoms. The molecular formula is C10H18N2O4S. The lowest BCUT2D eigenvalue weighted by molar-refractivity contribution is -0.133. The predicted octanol–water partition coefficient (Wildman–Crippen LogP) is -1.24. The van der Waals surface area contributed by atoms with Gasteiger partial charge in [0, 0.05) is 19.1 Å². The van der Waals surface area contributed by atoms with E-state index in [1.54, 1.807) is 4.90 Å². The van der Waals surface area contributed by atoms with E-state index in [-0.39, 0.29) is 17.9 Å². The van der Waals surface area contributed by atoms with Gasteiger partial charge in [-0.2, -0.15) is 0 Å². The minimum atomic E-state index is -3.25. The summed E-state index contributed by atoms with van der Waals surface area (Å²) in [5.41, 5.74) is 0. The number of sulfonamides is 1. The molecule has 1 aliphatic heterocycles. The monoisotopic (exact) mass is 262 g/mol. The van der Waals surface area contributed by atoms with Gasteiger partial charge in [0.1, 0.15) is 6.61 Å². The van der Waals surface area contributed by atoms with Crippen molar-refractivity contribution in [3.05, 3.63) is 0 Å². The van der Waals surface area contributed by atoms with Gasteiger partial charge in [-0.1, -0.05) is 0 Å². The molecule has 1 saturated carbocycles. The largest absolute Gasteiger partial charge is 0.387 e. The Morgan fingerprint density at radius 3 is 2.53 bits per heavy atom. The van der Waals surface area contributed by atoms with Gasteiger partial charge in [0.15, 0.2) is 0 Å². The highest BCUT2D eigenvalue weighted by Crippen LogP contribution is 2.41. The lowest BCUT2D eigenvalue weighted by Crippen LogP contribution is -2.41. The summed E-state index contributed by atoms with van der Waals surface area (Å²) < 4.78 is 25.1. The zero-order chi connectivity index (χ0) is 12.6. The number of amides is 1. The van der Waals surface area contributed by atoms with E-state index in [9.17, 15) is 13.2 Å². The van der Waals surface area contributed by atoms with Crippen LogP contribution in [0.3, 0.4) is 0 Å². The molecule has 0 aromatic carbocycles. The van der Waals surface area contributed by atoms with Crippen LogP contribution in [0.1, 0.15) is 12.8 Å². The number of nitrogens with one attached hydrogen (secondary N) is 1. The highest BCUT2D eigenvalue weighted by molar-refractivity contribution is 7.88. The lowest BCUT2D eigenvalue weighted by atomic mass is 9.99. The van der Waals surface area contributed by atoms with Crippen LogP contribution in [-0.2, 0) is 14.8 Å². The van der Waals surface area contributed by atoms with Gasteiger partial charge in [-0.3, -0.25) is 4.79 Å². The van der Waals surface area contributed by atoms with Crippen LogP contribution in [-0.4, -0.2) is 56.3 Å². The summed E-state index contributed by atoms with van der Waals surface area (Å²) >= 11 is 0. The number of hydrogen-bond acceptors (Lipinski definition) is 4. The van der Waals surface area contributed by atoms with Gasteiger partial charge in [0.25, 0.3) is 0 Å². The molecule has 0 spiro atoms. The molecule has 0 unspecified atom stereocenters. The average Bonchev–Trinajstić information content (AvgIpc) is 2.98. The maximum Gasteiger partial charge on any atom is 0.248 e. The van der Waals surface area contributed by atoms with Gasteiger partial charge >= 0.3 is 0 Å². The summed E-state index contributed by atoms with van der Waals surface area (Å²) in [6, 6.07) is -0.201. The summed E-state index contributed by atoms with van der Waals surface area (Å²) in [5, 5.41) is 8.82. The molecule has 1 saturated heterocycles. The molecule has 2 N–H and O–H groups in total. The molecule has 1 aliphatic carbocycles. The van der Waals surface area contributed by atoms with Crippen molar-refractivity contribution in [2.75, 3.05) is 26.0 Å². The van der Waals surface area contributed by atoms with E-state index in [1.165, 1.54) is 0 Å². The van der Waals surface area contributed by atoms with Crippen LogP contribution in [0.15, 0.2) is 0 Å². The molecule has 7 heteroatoms. The Kier molecular flexibility index (Phi) is 3.42. The third kappa shape index (κ3) is 3.17. The van der Waals surface area contributed by atoms with E-state index in [0.717, 1.165) is 19.1 Å². The van der Waals surface area contributed by atoms with Crippen molar-refractivity contribution in [1.82, 2.24) is 9.62 Å².